The molecule has 5 amide bonds. The molecule has 15 nitrogen and oxygen atoms in total. The normalized spacial score (nSPS) is 27.2. The fourth-order valence-corrected chi connectivity index (χ4v) is 3.70. The van der Waals surface area contributed by atoms with Gasteiger partial charge in [0.25, 0.3) is 0 Å². The second-order valence-electron chi connectivity index (χ2n) is 9.13. The molecule has 0 bridgehead atoms. The average molecular weight is 532 g/mol. The molecule has 0 aliphatic carbocycles. The predicted octanol–water partition coefficient (Wildman–Crippen LogP) is -5.00. The zero-order valence-corrected chi connectivity index (χ0v) is 21.3. The number of aliphatic hydroxyl groups excluding tert-OH is 3. The fourth-order valence-electron chi connectivity index (χ4n) is 3.70. The topological polar surface area (TPSA) is 249 Å². The van der Waals surface area contributed by atoms with Gasteiger partial charge in [-0.15, -0.1) is 0 Å². The van der Waals surface area contributed by atoms with E-state index in [1.165, 1.54) is 14.0 Å². The Labute approximate surface area is 215 Å². The van der Waals surface area contributed by atoms with E-state index in [-0.39, 0.29) is 38.3 Å². The molecule has 1 saturated heterocycles. The Hall–Kier alpha value is -2.85. The molecule has 1 fully saturated rings. The van der Waals surface area contributed by atoms with E-state index in [2.05, 4.69) is 21.3 Å². The summed E-state index contributed by atoms with van der Waals surface area (Å²) >= 11 is 0. The van der Waals surface area contributed by atoms with Gasteiger partial charge in [-0.05, 0) is 32.6 Å². The number of primary amides is 1. The first kappa shape index (κ1) is 32.2. The highest BCUT2D eigenvalue weighted by Crippen LogP contribution is 2.09. The third-order valence-electron chi connectivity index (χ3n) is 6.08. The highest BCUT2D eigenvalue weighted by atomic mass is 16.3. The maximum atomic E-state index is 13.2. The van der Waals surface area contributed by atoms with Crippen LogP contribution in [0, 0.1) is 0 Å². The van der Waals surface area contributed by atoms with Crippen LogP contribution >= 0.6 is 0 Å². The monoisotopic (exact) mass is 531 g/mol. The highest BCUT2D eigenvalue weighted by Gasteiger charge is 2.36. The standard InChI is InChI=1S/C22H41N7O8/c1-12(32)18-22(37)29(2)16(11-31)21(36)27-14(19(24)34)5-3-4-8-25-17(33)7-6-15(20(35)28-18)26-9-13(23)10-30/h12-16,18,26,30-32H,3-11,23H2,1-2H3,(H2,24,34)(H,25,33)(H,27,36)(H,28,35). The first-order valence-electron chi connectivity index (χ1n) is 12.2. The molecule has 212 valence electrons. The van der Waals surface area contributed by atoms with Gasteiger partial charge in [-0.2, -0.15) is 0 Å². The number of nitrogens with zero attached hydrogens (tertiary/aromatic N) is 1. The van der Waals surface area contributed by atoms with Crippen LogP contribution in [-0.2, 0) is 24.0 Å². The largest absolute Gasteiger partial charge is 0.395 e. The molecule has 1 rings (SSSR count). The van der Waals surface area contributed by atoms with Crippen molar-refractivity contribution in [2.24, 2.45) is 11.5 Å². The van der Waals surface area contributed by atoms with E-state index in [0.717, 1.165) is 4.90 Å². The maximum absolute atomic E-state index is 13.2. The molecule has 6 unspecified atom stereocenters. The molecule has 0 aromatic rings. The molecule has 1 heterocycles. The molecule has 1 aliphatic heterocycles. The number of nitrogens with one attached hydrogen (secondary N) is 4. The summed E-state index contributed by atoms with van der Waals surface area (Å²) in [6, 6.07) is -5.67. The SMILES string of the molecule is CC(O)C1NC(=O)C(NCC(N)CO)CCC(=O)NCCCCC(C(N)=O)NC(=O)C(CO)N(C)C1=O. The maximum Gasteiger partial charge on any atom is 0.248 e. The van der Waals surface area contributed by atoms with Gasteiger partial charge in [-0.3, -0.25) is 24.0 Å². The minimum atomic E-state index is -1.50. The van der Waals surface area contributed by atoms with Crippen LogP contribution < -0.4 is 32.7 Å². The van der Waals surface area contributed by atoms with Crippen LogP contribution in [0.2, 0.25) is 0 Å². The van der Waals surface area contributed by atoms with Crippen LogP contribution in [0.1, 0.15) is 39.0 Å². The van der Waals surface area contributed by atoms with E-state index in [1.54, 1.807) is 0 Å². The van der Waals surface area contributed by atoms with Crippen LogP contribution in [0.25, 0.3) is 0 Å². The lowest BCUT2D eigenvalue weighted by molar-refractivity contribution is -0.146. The lowest BCUT2D eigenvalue weighted by atomic mass is 10.0. The van der Waals surface area contributed by atoms with Crippen molar-refractivity contribution >= 4 is 29.5 Å². The molecular formula is C22H41N7O8. The third-order valence-corrected chi connectivity index (χ3v) is 6.08. The van der Waals surface area contributed by atoms with Gasteiger partial charge in [0, 0.05) is 32.6 Å². The number of rotatable bonds is 7. The third kappa shape index (κ3) is 10.6. The summed E-state index contributed by atoms with van der Waals surface area (Å²) in [5.74, 6) is -3.57. The van der Waals surface area contributed by atoms with Crippen molar-refractivity contribution in [1.82, 2.24) is 26.2 Å². The first-order chi connectivity index (χ1) is 17.4. The van der Waals surface area contributed by atoms with Gasteiger partial charge in [0.2, 0.25) is 29.5 Å². The van der Waals surface area contributed by atoms with E-state index in [4.69, 9.17) is 11.5 Å². The predicted molar refractivity (Wildman–Crippen MR) is 131 cm³/mol. The smallest absolute Gasteiger partial charge is 0.248 e. The first-order valence-corrected chi connectivity index (χ1v) is 12.2. The van der Waals surface area contributed by atoms with Gasteiger partial charge in [-0.1, -0.05) is 0 Å². The Morgan fingerprint density at radius 2 is 1.81 bits per heavy atom. The van der Waals surface area contributed by atoms with Crippen molar-refractivity contribution in [2.45, 2.75) is 75.3 Å². The lowest BCUT2D eigenvalue weighted by Crippen LogP contribution is -2.61. The Bertz CT molecular complexity index is 797. The molecule has 6 atom stereocenters. The van der Waals surface area contributed by atoms with Gasteiger partial charge in [0.05, 0.1) is 25.4 Å². The van der Waals surface area contributed by atoms with E-state index < -0.39 is 66.5 Å². The quantitative estimate of drug-likeness (QED) is 0.151. The van der Waals surface area contributed by atoms with E-state index in [9.17, 15) is 39.3 Å². The molecule has 1 aliphatic rings. The van der Waals surface area contributed by atoms with Crippen molar-refractivity contribution in [3.8, 4) is 0 Å². The van der Waals surface area contributed by atoms with E-state index in [0.29, 0.717) is 19.4 Å². The van der Waals surface area contributed by atoms with Crippen LogP contribution in [-0.4, -0.2) is 119 Å². The zero-order valence-electron chi connectivity index (χ0n) is 21.3. The summed E-state index contributed by atoms with van der Waals surface area (Å²) in [4.78, 5) is 64.0. The summed E-state index contributed by atoms with van der Waals surface area (Å²) in [6.45, 7) is 0.449. The number of aliphatic hydroxyl groups is 3. The van der Waals surface area contributed by atoms with Crippen molar-refractivity contribution in [1.29, 1.82) is 0 Å². The molecule has 37 heavy (non-hydrogen) atoms. The molecule has 0 aromatic heterocycles. The van der Waals surface area contributed by atoms with Crippen LogP contribution in [0.15, 0.2) is 0 Å². The number of carbonyl (C=O) groups excluding carboxylic acids is 5. The molecular weight excluding hydrogens is 490 g/mol. The zero-order chi connectivity index (χ0) is 28.1. The minimum absolute atomic E-state index is 0.0256. The summed E-state index contributed by atoms with van der Waals surface area (Å²) in [6.07, 6.45) is -0.319. The Morgan fingerprint density at radius 1 is 1.14 bits per heavy atom. The molecule has 15 heteroatoms. The molecule has 11 N–H and O–H groups in total. The average Bonchev–Trinajstić information content (AvgIpc) is 2.84. The van der Waals surface area contributed by atoms with Crippen molar-refractivity contribution in [2.75, 3.05) is 33.4 Å². The van der Waals surface area contributed by atoms with Gasteiger partial charge < -0.3 is 53.0 Å². The van der Waals surface area contributed by atoms with Crippen molar-refractivity contribution in [3.63, 3.8) is 0 Å². The molecule has 0 radical (unpaired) electrons. The summed E-state index contributed by atoms with van der Waals surface area (Å²) in [5, 5.41) is 39.7. The lowest BCUT2D eigenvalue weighted by Gasteiger charge is -2.32. The number of nitrogens with two attached hydrogens (primary N) is 2. The van der Waals surface area contributed by atoms with E-state index >= 15 is 0 Å². The van der Waals surface area contributed by atoms with Gasteiger partial charge >= 0.3 is 0 Å². The Morgan fingerprint density at radius 3 is 2.38 bits per heavy atom. The molecule has 0 spiro atoms. The minimum Gasteiger partial charge on any atom is -0.395 e. The van der Waals surface area contributed by atoms with Gasteiger partial charge in [0.15, 0.2) is 0 Å². The Balaban J connectivity index is 3.24. The number of carbonyl (C=O) groups is 5. The highest BCUT2D eigenvalue weighted by molar-refractivity contribution is 5.95. The van der Waals surface area contributed by atoms with Crippen molar-refractivity contribution < 1.29 is 39.3 Å². The van der Waals surface area contributed by atoms with Gasteiger partial charge in [0.1, 0.15) is 18.1 Å². The number of hydrogen-bond acceptors (Lipinski definition) is 10. The second kappa shape index (κ2) is 16.1. The Kier molecular flexibility index (Phi) is 14.0. The number of amides is 5. The van der Waals surface area contributed by atoms with Crippen LogP contribution in [0.5, 0.6) is 0 Å². The molecule has 0 aromatic carbocycles. The van der Waals surface area contributed by atoms with E-state index in [1.807, 2.05) is 0 Å². The van der Waals surface area contributed by atoms with Gasteiger partial charge in [-0.25, -0.2) is 0 Å². The van der Waals surface area contributed by atoms with Crippen molar-refractivity contribution in [3.05, 3.63) is 0 Å². The number of hydrogen-bond donors (Lipinski definition) is 9. The fraction of sp³-hybridized carbons (Fsp3) is 0.773. The molecule has 0 saturated carbocycles. The van der Waals surface area contributed by atoms with Crippen LogP contribution in [0.3, 0.4) is 0 Å². The van der Waals surface area contributed by atoms with Crippen LogP contribution in [0.4, 0.5) is 0 Å². The number of likely N-dealkylation sites (N-methyl/N-ethyl adjacent to an activating group) is 1. The second-order valence-corrected chi connectivity index (χ2v) is 9.13. The summed E-state index contributed by atoms with van der Waals surface area (Å²) < 4.78 is 0. The summed E-state index contributed by atoms with van der Waals surface area (Å²) in [7, 11) is 1.21. The summed E-state index contributed by atoms with van der Waals surface area (Å²) in [5.41, 5.74) is 11.1.